The van der Waals surface area contributed by atoms with Crippen LogP contribution in [0.5, 0.6) is 0 Å². The van der Waals surface area contributed by atoms with Gasteiger partial charge in [-0.25, -0.2) is 4.79 Å². The average molecular weight is 259 g/mol. The zero-order valence-electron chi connectivity index (χ0n) is 9.84. The molecular formula is C12H12F3NO2. The largest absolute Gasteiger partial charge is 0.441 e. The van der Waals surface area contributed by atoms with Crippen LogP contribution in [-0.2, 0) is 10.9 Å². The number of halogens is 3. The lowest BCUT2D eigenvalue weighted by Crippen LogP contribution is -2.30. The second-order valence-corrected chi connectivity index (χ2v) is 4.69. The van der Waals surface area contributed by atoms with Gasteiger partial charge in [-0.1, -0.05) is 12.1 Å². The van der Waals surface area contributed by atoms with E-state index in [2.05, 4.69) is 5.32 Å². The molecule has 0 aliphatic carbocycles. The normalized spacial score (nSPS) is 22.5. The SMILES string of the molecule is CC1(C)OC(=O)N[C@H]1c1ccc(C(F)(F)F)cc1. The van der Waals surface area contributed by atoms with Gasteiger partial charge in [0.1, 0.15) is 5.60 Å². The molecule has 0 radical (unpaired) electrons. The van der Waals surface area contributed by atoms with E-state index in [4.69, 9.17) is 4.74 Å². The monoisotopic (exact) mass is 259 g/mol. The average Bonchev–Trinajstić information content (AvgIpc) is 2.51. The summed E-state index contributed by atoms with van der Waals surface area (Å²) in [5, 5.41) is 2.58. The Morgan fingerprint density at radius 1 is 1.22 bits per heavy atom. The molecule has 1 amide bonds. The van der Waals surface area contributed by atoms with Gasteiger partial charge in [-0.15, -0.1) is 0 Å². The summed E-state index contributed by atoms with van der Waals surface area (Å²) in [6.07, 6.45) is -4.92. The predicted molar refractivity (Wildman–Crippen MR) is 57.9 cm³/mol. The van der Waals surface area contributed by atoms with Crippen molar-refractivity contribution in [1.82, 2.24) is 5.32 Å². The summed E-state index contributed by atoms with van der Waals surface area (Å²) in [6.45, 7) is 3.40. The van der Waals surface area contributed by atoms with Gasteiger partial charge in [0.25, 0.3) is 0 Å². The molecule has 0 aromatic heterocycles. The van der Waals surface area contributed by atoms with Crippen LogP contribution in [-0.4, -0.2) is 11.7 Å². The first kappa shape index (κ1) is 12.7. The molecule has 0 unspecified atom stereocenters. The molecule has 3 nitrogen and oxygen atoms in total. The molecule has 1 aliphatic heterocycles. The summed E-state index contributed by atoms with van der Waals surface area (Å²) >= 11 is 0. The number of ether oxygens (including phenoxy) is 1. The van der Waals surface area contributed by atoms with E-state index in [1.54, 1.807) is 13.8 Å². The lowest BCUT2D eigenvalue weighted by Gasteiger charge is -2.24. The first-order valence-electron chi connectivity index (χ1n) is 5.37. The second-order valence-electron chi connectivity index (χ2n) is 4.69. The maximum atomic E-state index is 12.4. The highest BCUT2D eigenvalue weighted by molar-refractivity contribution is 5.71. The van der Waals surface area contributed by atoms with Gasteiger partial charge in [0.2, 0.25) is 0 Å². The quantitative estimate of drug-likeness (QED) is 0.840. The molecule has 1 N–H and O–H groups in total. The number of alkyl carbamates (subject to hydrolysis) is 1. The molecule has 98 valence electrons. The lowest BCUT2D eigenvalue weighted by molar-refractivity contribution is -0.137. The number of rotatable bonds is 1. The molecule has 1 aliphatic rings. The van der Waals surface area contributed by atoms with Gasteiger partial charge < -0.3 is 10.1 Å². The van der Waals surface area contributed by atoms with Crippen molar-refractivity contribution >= 4 is 6.09 Å². The van der Waals surface area contributed by atoms with Crippen LogP contribution in [0, 0.1) is 0 Å². The Morgan fingerprint density at radius 2 is 1.78 bits per heavy atom. The zero-order valence-corrected chi connectivity index (χ0v) is 9.84. The van der Waals surface area contributed by atoms with Crippen molar-refractivity contribution < 1.29 is 22.7 Å². The second kappa shape index (κ2) is 3.90. The zero-order chi connectivity index (χ0) is 13.6. The van der Waals surface area contributed by atoms with Crippen molar-refractivity contribution in [3.63, 3.8) is 0 Å². The minimum absolute atomic E-state index is 0.452. The summed E-state index contributed by atoms with van der Waals surface area (Å²) in [5.74, 6) is 0. The van der Waals surface area contributed by atoms with Crippen LogP contribution in [0.1, 0.15) is 31.0 Å². The fourth-order valence-corrected chi connectivity index (χ4v) is 1.97. The molecular weight excluding hydrogens is 247 g/mol. The highest BCUT2D eigenvalue weighted by Gasteiger charge is 2.42. The third-order valence-electron chi connectivity index (χ3n) is 2.88. The van der Waals surface area contributed by atoms with E-state index in [0.717, 1.165) is 12.1 Å². The Balaban J connectivity index is 2.28. The minimum Gasteiger partial charge on any atom is -0.441 e. The topological polar surface area (TPSA) is 38.3 Å². The molecule has 1 aromatic rings. The van der Waals surface area contributed by atoms with E-state index in [0.29, 0.717) is 5.56 Å². The first-order valence-corrected chi connectivity index (χ1v) is 5.37. The number of carbonyl (C=O) groups is 1. The van der Waals surface area contributed by atoms with Gasteiger partial charge in [0, 0.05) is 0 Å². The highest BCUT2D eigenvalue weighted by Crippen LogP contribution is 2.35. The summed E-state index contributed by atoms with van der Waals surface area (Å²) in [4.78, 5) is 11.2. The molecule has 1 atom stereocenters. The Bertz CT molecular complexity index is 465. The molecule has 0 saturated carbocycles. The van der Waals surface area contributed by atoms with Crippen LogP contribution in [0.3, 0.4) is 0 Å². The first-order chi connectivity index (χ1) is 8.20. The van der Waals surface area contributed by atoms with Gasteiger partial charge in [0.15, 0.2) is 0 Å². The Labute approximate surface area is 102 Å². The number of amides is 1. The van der Waals surface area contributed by atoms with Crippen molar-refractivity contribution in [3.8, 4) is 0 Å². The van der Waals surface area contributed by atoms with E-state index >= 15 is 0 Å². The van der Waals surface area contributed by atoms with E-state index in [1.807, 2.05) is 0 Å². The molecule has 0 spiro atoms. The fraction of sp³-hybridized carbons (Fsp3) is 0.417. The molecule has 6 heteroatoms. The summed E-state index contributed by atoms with van der Waals surface area (Å²) in [5.41, 5.74) is -0.912. The third-order valence-corrected chi connectivity index (χ3v) is 2.88. The molecule has 1 fully saturated rings. The highest BCUT2D eigenvalue weighted by atomic mass is 19.4. The Morgan fingerprint density at radius 3 is 2.17 bits per heavy atom. The summed E-state index contributed by atoms with van der Waals surface area (Å²) < 4.78 is 42.3. The van der Waals surface area contributed by atoms with Crippen molar-refractivity contribution in [1.29, 1.82) is 0 Å². The number of hydrogen-bond acceptors (Lipinski definition) is 2. The minimum atomic E-state index is -4.36. The van der Waals surface area contributed by atoms with Crippen LogP contribution in [0.4, 0.5) is 18.0 Å². The van der Waals surface area contributed by atoms with Gasteiger partial charge in [-0.2, -0.15) is 13.2 Å². The maximum Gasteiger partial charge on any atom is 0.416 e. The molecule has 2 rings (SSSR count). The number of carbonyl (C=O) groups excluding carboxylic acids is 1. The number of alkyl halides is 3. The van der Waals surface area contributed by atoms with E-state index in [-0.39, 0.29) is 0 Å². The van der Waals surface area contributed by atoms with Crippen molar-refractivity contribution in [2.24, 2.45) is 0 Å². The van der Waals surface area contributed by atoms with Crippen LogP contribution >= 0.6 is 0 Å². The molecule has 0 bridgehead atoms. The van der Waals surface area contributed by atoms with Crippen LogP contribution in [0.15, 0.2) is 24.3 Å². The van der Waals surface area contributed by atoms with E-state index in [9.17, 15) is 18.0 Å². The fourth-order valence-electron chi connectivity index (χ4n) is 1.97. The molecule has 1 aromatic carbocycles. The standard InChI is InChI=1S/C12H12F3NO2/c1-11(2)9(16-10(17)18-11)7-3-5-8(6-4-7)12(13,14)15/h3-6,9H,1-2H3,(H,16,17)/t9-/m0/s1. The van der Waals surface area contributed by atoms with Crippen molar-refractivity contribution in [2.75, 3.05) is 0 Å². The number of cyclic esters (lactones) is 1. The predicted octanol–water partition coefficient (Wildman–Crippen LogP) is 3.26. The van der Waals surface area contributed by atoms with Crippen LogP contribution in [0.25, 0.3) is 0 Å². The van der Waals surface area contributed by atoms with E-state index < -0.39 is 29.5 Å². The number of benzene rings is 1. The lowest BCUT2D eigenvalue weighted by atomic mass is 9.92. The Hall–Kier alpha value is -1.72. The summed E-state index contributed by atoms with van der Waals surface area (Å²) in [7, 11) is 0. The van der Waals surface area contributed by atoms with Gasteiger partial charge >= 0.3 is 12.3 Å². The van der Waals surface area contributed by atoms with Gasteiger partial charge in [0.05, 0.1) is 11.6 Å². The van der Waals surface area contributed by atoms with E-state index in [1.165, 1.54) is 12.1 Å². The van der Waals surface area contributed by atoms with Gasteiger partial charge in [-0.05, 0) is 31.5 Å². The Kier molecular flexibility index (Phi) is 2.76. The van der Waals surface area contributed by atoms with Crippen LogP contribution in [0.2, 0.25) is 0 Å². The maximum absolute atomic E-state index is 12.4. The summed E-state index contributed by atoms with van der Waals surface area (Å²) in [6, 6.07) is 4.24. The number of nitrogens with one attached hydrogen (secondary N) is 1. The smallest absolute Gasteiger partial charge is 0.416 e. The van der Waals surface area contributed by atoms with Gasteiger partial charge in [-0.3, -0.25) is 0 Å². The van der Waals surface area contributed by atoms with Crippen LogP contribution < -0.4 is 5.32 Å². The molecule has 18 heavy (non-hydrogen) atoms. The van der Waals surface area contributed by atoms with Crippen molar-refractivity contribution in [2.45, 2.75) is 31.7 Å². The van der Waals surface area contributed by atoms with Crippen molar-refractivity contribution in [3.05, 3.63) is 35.4 Å². The number of hydrogen-bond donors (Lipinski definition) is 1. The molecule has 1 heterocycles. The third kappa shape index (κ3) is 2.27. The molecule has 1 saturated heterocycles.